The molecule has 1 saturated carbocycles. The summed E-state index contributed by atoms with van der Waals surface area (Å²) in [6.45, 7) is 3.99. The normalized spacial score (nSPS) is 20.2. The Hall–Kier alpha value is -1.06. The molecule has 0 bridgehead atoms. The zero-order chi connectivity index (χ0) is 13.2. The van der Waals surface area contributed by atoms with E-state index in [1.807, 2.05) is 0 Å². The predicted octanol–water partition coefficient (Wildman–Crippen LogP) is 3.08. The Kier molecular flexibility index (Phi) is 5.06. The minimum Gasteiger partial charge on any atom is -0.370 e. The molecule has 0 saturated heterocycles. The van der Waals surface area contributed by atoms with Gasteiger partial charge in [0.15, 0.2) is 0 Å². The van der Waals surface area contributed by atoms with Crippen LogP contribution in [0, 0.1) is 6.92 Å². The zero-order valence-corrected chi connectivity index (χ0v) is 12.9. The molecular formula is C16H24ClN3. The van der Waals surface area contributed by atoms with Gasteiger partial charge in [-0.05, 0) is 42.4 Å². The fraction of sp³-hybridized carbons (Fsp3) is 0.562. The van der Waals surface area contributed by atoms with Crippen LogP contribution in [0.4, 0.5) is 0 Å². The van der Waals surface area contributed by atoms with Crippen molar-refractivity contribution >= 4 is 18.2 Å². The van der Waals surface area contributed by atoms with Crippen LogP contribution in [-0.2, 0) is 0 Å². The van der Waals surface area contributed by atoms with E-state index < -0.39 is 0 Å². The molecule has 3 nitrogen and oxygen atoms in total. The first-order valence-electron chi connectivity index (χ1n) is 7.40. The lowest BCUT2D eigenvalue weighted by Gasteiger charge is -2.20. The van der Waals surface area contributed by atoms with Gasteiger partial charge in [0.25, 0.3) is 0 Å². The molecule has 1 aromatic rings. The molecular weight excluding hydrogens is 270 g/mol. The predicted molar refractivity (Wildman–Crippen MR) is 86.9 cm³/mol. The number of nitrogens with one attached hydrogen (secondary N) is 1. The average Bonchev–Trinajstić information content (AvgIpc) is 3.11. The second-order valence-corrected chi connectivity index (χ2v) is 5.71. The minimum absolute atomic E-state index is 0. The van der Waals surface area contributed by atoms with Crippen molar-refractivity contribution in [3.05, 3.63) is 34.9 Å². The SMILES string of the molecule is Cc1c(C2CCCC2)cccc1C(N)C1=NCCN1.Cl. The van der Waals surface area contributed by atoms with Gasteiger partial charge in [-0.25, -0.2) is 0 Å². The van der Waals surface area contributed by atoms with E-state index in [1.165, 1.54) is 42.4 Å². The summed E-state index contributed by atoms with van der Waals surface area (Å²) in [7, 11) is 0. The first kappa shape index (κ1) is 15.3. The number of amidine groups is 1. The van der Waals surface area contributed by atoms with Crippen LogP contribution in [0.1, 0.15) is 54.3 Å². The van der Waals surface area contributed by atoms with Crippen LogP contribution >= 0.6 is 12.4 Å². The molecule has 110 valence electrons. The molecule has 3 N–H and O–H groups in total. The van der Waals surface area contributed by atoms with Gasteiger partial charge in [0, 0.05) is 6.54 Å². The first-order valence-corrected chi connectivity index (χ1v) is 7.40. The van der Waals surface area contributed by atoms with E-state index in [9.17, 15) is 0 Å². The monoisotopic (exact) mass is 293 g/mol. The molecule has 0 radical (unpaired) electrons. The molecule has 2 aliphatic rings. The third-order valence-electron chi connectivity index (χ3n) is 4.54. The Morgan fingerprint density at radius 1 is 1.30 bits per heavy atom. The molecule has 0 spiro atoms. The lowest BCUT2D eigenvalue weighted by Crippen LogP contribution is -2.31. The van der Waals surface area contributed by atoms with Crippen molar-refractivity contribution in [2.75, 3.05) is 13.1 Å². The van der Waals surface area contributed by atoms with Gasteiger partial charge in [-0.15, -0.1) is 12.4 Å². The number of halogens is 1. The Morgan fingerprint density at radius 2 is 2.05 bits per heavy atom. The van der Waals surface area contributed by atoms with Crippen LogP contribution in [0.25, 0.3) is 0 Å². The highest BCUT2D eigenvalue weighted by Crippen LogP contribution is 2.37. The first-order chi connectivity index (χ1) is 9.27. The van der Waals surface area contributed by atoms with Crippen LogP contribution in [0.2, 0.25) is 0 Å². The molecule has 1 unspecified atom stereocenters. The fourth-order valence-electron chi connectivity index (χ4n) is 3.46. The van der Waals surface area contributed by atoms with Gasteiger partial charge in [-0.2, -0.15) is 0 Å². The zero-order valence-electron chi connectivity index (χ0n) is 12.1. The van der Waals surface area contributed by atoms with Crippen LogP contribution in [0.5, 0.6) is 0 Å². The molecule has 1 aliphatic heterocycles. The number of aliphatic imine (C=N–C) groups is 1. The minimum atomic E-state index is -0.0937. The summed E-state index contributed by atoms with van der Waals surface area (Å²) in [6, 6.07) is 6.50. The highest BCUT2D eigenvalue weighted by molar-refractivity contribution is 5.89. The molecule has 1 aliphatic carbocycles. The highest BCUT2D eigenvalue weighted by Gasteiger charge is 2.23. The number of hydrogen-bond donors (Lipinski definition) is 2. The van der Waals surface area contributed by atoms with Gasteiger partial charge in [0.05, 0.1) is 12.6 Å². The van der Waals surface area contributed by atoms with Gasteiger partial charge >= 0.3 is 0 Å². The van der Waals surface area contributed by atoms with Gasteiger partial charge in [0.1, 0.15) is 5.84 Å². The van der Waals surface area contributed by atoms with E-state index in [2.05, 4.69) is 35.4 Å². The van der Waals surface area contributed by atoms with Crippen LogP contribution in [0.3, 0.4) is 0 Å². The van der Waals surface area contributed by atoms with Crippen molar-refractivity contribution in [2.45, 2.75) is 44.6 Å². The molecule has 20 heavy (non-hydrogen) atoms. The van der Waals surface area contributed by atoms with Crippen molar-refractivity contribution in [2.24, 2.45) is 10.7 Å². The van der Waals surface area contributed by atoms with Crippen LogP contribution in [-0.4, -0.2) is 18.9 Å². The van der Waals surface area contributed by atoms with Gasteiger partial charge in [0.2, 0.25) is 0 Å². The third kappa shape index (κ3) is 2.84. The van der Waals surface area contributed by atoms with Crippen molar-refractivity contribution in [1.82, 2.24) is 5.32 Å². The number of nitrogens with zero attached hydrogens (tertiary/aromatic N) is 1. The Bertz CT molecular complexity index is 492. The smallest absolute Gasteiger partial charge is 0.118 e. The maximum Gasteiger partial charge on any atom is 0.118 e. The third-order valence-corrected chi connectivity index (χ3v) is 4.54. The standard InChI is InChI=1S/C16H23N3.ClH/c1-11-13(12-5-2-3-6-12)7-4-8-14(11)15(17)16-18-9-10-19-16;/h4,7-8,12,15H,2-3,5-6,9-10,17H2,1H3,(H,18,19);1H. The Labute approximate surface area is 127 Å². The van der Waals surface area contributed by atoms with Crippen molar-refractivity contribution in [3.8, 4) is 0 Å². The number of hydrogen-bond acceptors (Lipinski definition) is 3. The second kappa shape index (κ2) is 6.59. The van der Waals surface area contributed by atoms with E-state index in [0.717, 1.165) is 24.8 Å². The molecule has 3 rings (SSSR count). The van der Waals surface area contributed by atoms with Gasteiger partial charge in [-0.1, -0.05) is 31.0 Å². The summed E-state index contributed by atoms with van der Waals surface area (Å²) in [5.41, 5.74) is 10.5. The van der Waals surface area contributed by atoms with Crippen LogP contribution in [0.15, 0.2) is 23.2 Å². The number of benzene rings is 1. The molecule has 1 heterocycles. The topological polar surface area (TPSA) is 50.4 Å². The summed E-state index contributed by atoms with van der Waals surface area (Å²) >= 11 is 0. The largest absolute Gasteiger partial charge is 0.370 e. The van der Waals surface area contributed by atoms with Crippen molar-refractivity contribution in [1.29, 1.82) is 0 Å². The maximum atomic E-state index is 6.38. The van der Waals surface area contributed by atoms with E-state index >= 15 is 0 Å². The summed E-state index contributed by atoms with van der Waals surface area (Å²) in [5.74, 6) is 1.69. The lowest BCUT2D eigenvalue weighted by molar-refractivity contribution is 0.714. The quantitative estimate of drug-likeness (QED) is 0.900. The van der Waals surface area contributed by atoms with Crippen LogP contribution < -0.4 is 11.1 Å². The highest BCUT2D eigenvalue weighted by atomic mass is 35.5. The van der Waals surface area contributed by atoms with Gasteiger partial charge in [-0.3, -0.25) is 4.99 Å². The summed E-state index contributed by atoms with van der Waals surface area (Å²) < 4.78 is 0. The summed E-state index contributed by atoms with van der Waals surface area (Å²) in [5, 5.41) is 3.30. The maximum absolute atomic E-state index is 6.38. The fourth-order valence-corrected chi connectivity index (χ4v) is 3.46. The number of nitrogens with two attached hydrogens (primary N) is 1. The molecule has 1 atom stereocenters. The lowest BCUT2D eigenvalue weighted by atomic mass is 9.88. The molecule has 1 fully saturated rings. The summed E-state index contributed by atoms with van der Waals surface area (Å²) in [4.78, 5) is 4.46. The van der Waals surface area contributed by atoms with E-state index in [1.54, 1.807) is 0 Å². The summed E-state index contributed by atoms with van der Waals surface area (Å²) in [6.07, 6.45) is 5.40. The van der Waals surface area contributed by atoms with E-state index in [-0.39, 0.29) is 18.4 Å². The molecule has 4 heteroatoms. The second-order valence-electron chi connectivity index (χ2n) is 5.71. The van der Waals surface area contributed by atoms with Crippen molar-refractivity contribution < 1.29 is 0 Å². The van der Waals surface area contributed by atoms with Crippen molar-refractivity contribution in [3.63, 3.8) is 0 Å². The molecule has 0 amide bonds. The Morgan fingerprint density at radius 3 is 2.70 bits per heavy atom. The van der Waals surface area contributed by atoms with Gasteiger partial charge < -0.3 is 11.1 Å². The average molecular weight is 294 g/mol. The Balaban J connectivity index is 0.00000147. The molecule has 0 aromatic heterocycles. The van der Waals surface area contributed by atoms with E-state index in [4.69, 9.17) is 5.73 Å². The number of rotatable bonds is 3. The molecule has 1 aromatic carbocycles. The van der Waals surface area contributed by atoms with E-state index in [0.29, 0.717) is 0 Å².